The minimum atomic E-state index is -0.678. The molecule has 0 aromatic carbocycles. The number of hydrogen-bond donors (Lipinski definition) is 1. The van der Waals surface area contributed by atoms with Crippen molar-refractivity contribution < 1.29 is 14.6 Å². The molecule has 2 rings (SSSR count). The number of Topliss-reactive ketones (excluding diaryl/α,β-unsaturated/α-hetero) is 1. The molecule has 146 valence electrons. The minimum absolute atomic E-state index is 0.0421. The monoisotopic (exact) mass is 352 g/mol. The van der Waals surface area contributed by atoms with E-state index in [9.17, 15) is 9.90 Å². The van der Waals surface area contributed by atoms with E-state index in [2.05, 4.69) is 34.6 Å². The molecule has 0 unspecified atom stereocenters. The lowest BCUT2D eigenvalue weighted by atomic mass is 9.58. The molecule has 2 aliphatic carbocycles. The van der Waals surface area contributed by atoms with Crippen LogP contribution in [0.15, 0.2) is 0 Å². The second-order valence-electron chi connectivity index (χ2n) is 9.71. The second kappa shape index (κ2) is 8.08. The van der Waals surface area contributed by atoms with E-state index >= 15 is 0 Å². The van der Waals surface area contributed by atoms with E-state index in [0.29, 0.717) is 24.9 Å². The van der Waals surface area contributed by atoms with Crippen molar-refractivity contribution in [3.8, 4) is 0 Å². The number of rotatable bonds is 9. The van der Waals surface area contributed by atoms with Crippen LogP contribution in [0.1, 0.15) is 92.4 Å². The van der Waals surface area contributed by atoms with Crippen molar-refractivity contribution in [1.29, 1.82) is 0 Å². The lowest BCUT2D eigenvalue weighted by molar-refractivity contribution is -0.132. The summed E-state index contributed by atoms with van der Waals surface area (Å²) in [6, 6.07) is 0. The Morgan fingerprint density at radius 2 is 1.80 bits per heavy atom. The van der Waals surface area contributed by atoms with E-state index in [4.69, 9.17) is 4.74 Å². The van der Waals surface area contributed by atoms with Crippen LogP contribution in [-0.4, -0.2) is 29.7 Å². The fraction of sp³-hybridized carbons (Fsp3) is 0.955. The average molecular weight is 353 g/mol. The highest BCUT2D eigenvalue weighted by Gasteiger charge is 2.55. The van der Waals surface area contributed by atoms with Crippen molar-refractivity contribution >= 4 is 5.78 Å². The summed E-state index contributed by atoms with van der Waals surface area (Å²) in [5.41, 5.74) is -0.492. The van der Waals surface area contributed by atoms with E-state index in [1.165, 1.54) is 6.42 Å². The summed E-state index contributed by atoms with van der Waals surface area (Å²) in [7, 11) is 0. The maximum atomic E-state index is 12.4. The van der Waals surface area contributed by atoms with Crippen LogP contribution in [-0.2, 0) is 9.53 Å². The fourth-order valence-electron chi connectivity index (χ4n) is 6.02. The number of carbonyl (C=O) groups is 1. The molecule has 1 N–H and O–H groups in total. The van der Waals surface area contributed by atoms with Gasteiger partial charge in [-0.3, -0.25) is 4.79 Å². The Kier molecular flexibility index (Phi) is 6.76. The summed E-state index contributed by atoms with van der Waals surface area (Å²) >= 11 is 0. The summed E-state index contributed by atoms with van der Waals surface area (Å²) in [6.45, 7) is 12.3. The summed E-state index contributed by atoms with van der Waals surface area (Å²) < 4.78 is 6.10. The Labute approximate surface area is 154 Å². The maximum Gasteiger partial charge on any atom is 0.136 e. The molecule has 3 heteroatoms. The summed E-state index contributed by atoms with van der Waals surface area (Å²) in [5.74, 6) is 1.29. The van der Waals surface area contributed by atoms with Gasteiger partial charge in [-0.1, -0.05) is 47.5 Å². The number of ketones is 1. The van der Waals surface area contributed by atoms with Gasteiger partial charge in [-0.25, -0.2) is 0 Å². The molecular formula is C22H40O3. The first kappa shape index (κ1) is 20.9. The third kappa shape index (κ3) is 4.47. The molecule has 0 saturated heterocycles. The molecular weight excluding hydrogens is 312 g/mol. The van der Waals surface area contributed by atoms with Gasteiger partial charge in [0.15, 0.2) is 0 Å². The lowest BCUT2D eigenvalue weighted by Gasteiger charge is -2.46. The Balaban J connectivity index is 1.98. The van der Waals surface area contributed by atoms with Gasteiger partial charge in [0, 0.05) is 12.3 Å². The first-order valence-electron chi connectivity index (χ1n) is 10.5. The Bertz CT molecular complexity index is 450. The second-order valence-corrected chi connectivity index (χ2v) is 9.71. The highest BCUT2D eigenvalue weighted by molar-refractivity contribution is 5.83. The molecule has 2 saturated carbocycles. The topological polar surface area (TPSA) is 46.5 Å². The van der Waals surface area contributed by atoms with E-state index in [-0.39, 0.29) is 16.7 Å². The van der Waals surface area contributed by atoms with Gasteiger partial charge in [0.05, 0.1) is 18.8 Å². The van der Waals surface area contributed by atoms with Gasteiger partial charge in [0.25, 0.3) is 0 Å². The molecule has 25 heavy (non-hydrogen) atoms. The van der Waals surface area contributed by atoms with Crippen LogP contribution in [0.25, 0.3) is 0 Å². The van der Waals surface area contributed by atoms with Crippen molar-refractivity contribution in [1.82, 2.24) is 0 Å². The SMILES string of the molecule is CCCC(O)(CCC)COCC(C)(C)[C@H]1CC[C@H]2C(=O)CCC[C@]12C. The van der Waals surface area contributed by atoms with Crippen molar-refractivity contribution in [2.45, 2.75) is 98.0 Å². The van der Waals surface area contributed by atoms with Crippen LogP contribution < -0.4 is 0 Å². The van der Waals surface area contributed by atoms with Gasteiger partial charge in [0.2, 0.25) is 0 Å². The third-order valence-corrected chi connectivity index (χ3v) is 7.08. The van der Waals surface area contributed by atoms with Gasteiger partial charge in [-0.15, -0.1) is 0 Å². The zero-order valence-corrected chi connectivity index (χ0v) is 17.2. The number of ether oxygens (including phenoxy) is 1. The molecule has 0 bridgehead atoms. The summed E-state index contributed by atoms with van der Waals surface area (Å²) in [5, 5.41) is 10.8. The zero-order chi connectivity index (χ0) is 18.7. The van der Waals surface area contributed by atoms with E-state index in [1.807, 2.05) is 0 Å². The average Bonchev–Trinajstić information content (AvgIpc) is 2.86. The molecule has 0 amide bonds. The molecule has 0 aliphatic heterocycles. The summed E-state index contributed by atoms with van der Waals surface area (Å²) in [4.78, 5) is 12.4. The molecule has 0 radical (unpaired) electrons. The quantitative estimate of drug-likeness (QED) is 0.624. The normalized spacial score (nSPS) is 30.6. The summed E-state index contributed by atoms with van der Waals surface area (Å²) in [6.07, 6.45) is 8.76. The molecule has 2 aliphatic rings. The maximum absolute atomic E-state index is 12.4. The number of carbonyl (C=O) groups excluding carboxylic acids is 1. The van der Waals surface area contributed by atoms with Crippen molar-refractivity contribution in [2.75, 3.05) is 13.2 Å². The molecule has 0 aromatic heterocycles. The molecule has 0 heterocycles. The molecule has 0 aromatic rings. The standard InChI is InChI=1S/C22H40O3/c1-6-12-22(24,13-7-2)16-25-15-20(3,4)19-11-10-17-18(23)9-8-14-21(17,19)5/h17,19,24H,6-16H2,1-5H3/t17-,19+,21-/m0/s1. The van der Waals surface area contributed by atoms with Crippen molar-refractivity contribution in [3.63, 3.8) is 0 Å². The number of hydrogen-bond acceptors (Lipinski definition) is 3. The van der Waals surface area contributed by atoms with Gasteiger partial charge < -0.3 is 9.84 Å². The number of fused-ring (bicyclic) bond motifs is 1. The van der Waals surface area contributed by atoms with Crippen LogP contribution in [0.2, 0.25) is 0 Å². The molecule has 0 spiro atoms. The van der Waals surface area contributed by atoms with Crippen LogP contribution in [0.4, 0.5) is 0 Å². The fourth-order valence-corrected chi connectivity index (χ4v) is 6.02. The Hall–Kier alpha value is -0.410. The van der Waals surface area contributed by atoms with Gasteiger partial charge in [-0.2, -0.15) is 0 Å². The largest absolute Gasteiger partial charge is 0.387 e. The van der Waals surface area contributed by atoms with Crippen LogP contribution in [0.5, 0.6) is 0 Å². The van der Waals surface area contributed by atoms with Gasteiger partial charge in [0.1, 0.15) is 5.78 Å². The first-order valence-corrected chi connectivity index (χ1v) is 10.5. The third-order valence-electron chi connectivity index (χ3n) is 7.08. The molecule has 3 atom stereocenters. The van der Waals surface area contributed by atoms with Crippen LogP contribution in [0, 0.1) is 22.7 Å². The van der Waals surface area contributed by atoms with E-state index < -0.39 is 5.60 Å². The highest BCUT2D eigenvalue weighted by atomic mass is 16.5. The first-order chi connectivity index (χ1) is 11.7. The Morgan fingerprint density at radius 1 is 1.16 bits per heavy atom. The zero-order valence-electron chi connectivity index (χ0n) is 17.2. The minimum Gasteiger partial charge on any atom is -0.387 e. The predicted octanol–water partition coefficient (Wildman–Crippen LogP) is 5.15. The number of aliphatic hydroxyl groups is 1. The Morgan fingerprint density at radius 3 is 2.40 bits per heavy atom. The smallest absolute Gasteiger partial charge is 0.136 e. The van der Waals surface area contributed by atoms with E-state index in [1.54, 1.807) is 0 Å². The van der Waals surface area contributed by atoms with Crippen LogP contribution in [0.3, 0.4) is 0 Å². The van der Waals surface area contributed by atoms with Crippen molar-refractivity contribution in [3.05, 3.63) is 0 Å². The van der Waals surface area contributed by atoms with Crippen LogP contribution >= 0.6 is 0 Å². The molecule has 2 fully saturated rings. The molecule has 3 nitrogen and oxygen atoms in total. The van der Waals surface area contributed by atoms with Crippen molar-refractivity contribution in [2.24, 2.45) is 22.7 Å². The predicted molar refractivity (Wildman–Crippen MR) is 103 cm³/mol. The van der Waals surface area contributed by atoms with Gasteiger partial charge in [-0.05, 0) is 55.3 Å². The highest BCUT2D eigenvalue weighted by Crippen LogP contribution is 2.59. The van der Waals surface area contributed by atoms with Gasteiger partial charge >= 0.3 is 0 Å². The van der Waals surface area contributed by atoms with E-state index in [0.717, 1.165) is 51.4 Å². The lowest BCUT2D eigenvalue weighted by Crippen LogP contribution is -2.44.